The van der Waals surface area contributed by atoms with E-state index >= 15 is 0 Å². The maximum atomic E-state index is 2.34. The van der Waals surface area contributed by atoms with Crippen molar-refractivity contribution >= 4 is 0 Å². The van der Waals surface area contributed by atoms with E-state index in [1.165, 1.54) is 22.3 Å². The molecule has 0 heterocycles. The Balaban J connectivity index is 3.58. The van der Waals surface area contributed by atoms with Crippen LogP contribution >= 0.6 is 0 Å². The Morgan fingerprint density at radius 1 is 0.824 bits per heavy atom. The second kappa shape index (κ2) is 4.48. The summed E-state index contributed by atoms with van der Waals surface area (Å²) in [5.41, 5.74) is 6.12. The molecule has 0 unspecified atom stereocenters. The molecule has 0 N–H and O–H groups in total. The molecule has 0 bridgehead atoms. The lowest BCUT2D eigenvalue weighted by Gasteiger charge is -2.30. The number of rotatable bonds is 1. The van der Waals surface area contributed by atoms with Gasteiger partial charge in [-0.2, -0.15) is 0 Å². The summed E-state index contributed by atoms with van der Waals surface area (Å²) in [4.78, 5) is 0. The maximum absolute atomic E-state index is 2.34. The van der Waals surface area contributed by atoms with Crippen molar-refractivity contribution in [2.45, 2.75) is 66.2 Å². The zero-order chi connectivity index (χ0) is 13.4. The van der Waals surface area contributed by atoms with Crippen molar-refractivity contribution in [3.63, 3.8) is 0 Å². The molecule has 1 radical (unpaired) electrons. The Morgan fingerprint density at radius 2 is 1.18 bits per heavy atom. The van der Waals surface area contributed by atoms with Crippen molar-refractivity contribution in [2.75, 3.05) is 0 Å². The van der Waals surface area contributed by atoms with Crippen LogP contribution in [0.5, 0.6) is 0 Å². The predicted molar refractivity (Wildman–Crippen MR) is 77.7 cm³/mol. The lowest BCUT2D eigenvalue weighted by Crippen LogP contribution is -2.20. The topological polar surface area (TPSA) is 0 Å². The summed E-state index contributed by atoms with van der Waals surface area (Å²) >= 11 is 0. The molecule has 0 heteroatoms. The van der Waals surface area contributed by atoms with Crippen LogP contribution in [0.2, 0.25) is 0 Å². The first-order valence-electron chi connectivity index (χ1n) is 6.52. The highest BCUT2D eigenvalue weighted by Gasteiger charge is 2.24. The minimum Gasteiger partial charge on any atom is -0.0578 e. The van der Waals surface area contributed by atoms with Crippen LogP contribution in [0.1, 0.15) is 70.7 Å². The molecule has 0 aliphatic carbocycles. The van der Waals surface area contributed by atoms with Gasteiger partial charge in [0, 0.05) is 0 Å². The predicted octanol–water partition coefficient (Wildman–Crippen LogP) is 5.16. The van der Waals surface area contributed by atoms with Crippen molar-refractivity contribution in [3.05, 3.63) is 40.8 Å². The van der Waals surface area contributed by atoms with Crippen LogP contribution in [0.25, 0.3) is 0 Å². The fraction of sp³-hybridized carbons (Fsp3) is 0.588. The maximum Gasteiger partial charge on any atom is -0.0118 e. The van der Waals surface area contributed by atoms with Gasteiger partial charge in [-0.05, 0) is 40.9 Å². The smallest absolute Gasteiger partial charge is 0.0118 e. The van der Waals surface area contributed by atoms with Crippen molar-refractivity contribution in [3.8, 4) is 0 Å². The minimum absolute atomic E-state index is 0.202. The third-order valence-corrected chi connectivity index (χ3v) is 3.23. The number of hydrogen-bond acceptors (Lipinski definition) is 0. The largest absolute Gasteiger partial charge is 0.0578 e. The minimum atomic E-state index is 0.202. The molecule has 0 amide bonds. The van der Waals surface area contributed by atoms with E-state index in [1.807, 2.05) is 0 Å². The second-order valence-electron chi connectivity index (χ2n) is 7.06. The molecule has 1 aromatic carbocycles. The van der Waals surface area contributed by atoms with E-state index in [9.17, 15) is 0 Å². The van der Waals surface area contributed by atoms with Gasteiger partial charge in [0.1, 0.15) is 0 Å². The Labute approximate surface area is 107 Å². The molecule has 0 aliphatic heterocycles. The van der Waals surface area contributed by atoms with E-state index in [1.54, 1.807) is 0 Å². The summed E-state index contributed by atoms with van der Waals surface area (Å²) in [6, 6.07) is 4.68. The normalized spacial score (nSPS) is 12.9. The van der Waals surface area contributed by atoms with Gasteiger partial charge in [0.05, 0.1) is 0 Å². The van der Waals surface area contributed by atoms with Crippen LogP contribution < -0.4 is 0 Å². The highest BCUT2D eigenvalue weighted by atomic mass is 14.3. The summed E-state index contributed by atoms with van der Waals surface area (Å²) in [5, 5.41) is 0. The molecule has 0 saturated heterocycles. The van der Waals surface area contributed by atoms with Gasteiger partial charge in [0.2, 0.25) is 0 Å². The standard InChI is InChI=1S/C17H27/c1-9-13-14(16(3,4)5)10-12(2)11-15(13)17(6,7)8/h9-11H,1-8H3. The van der Waals surface area contributed by atoms with E-state index in [4.69, 9.17) is 0 Å². The SMILES string of the molecule is C[CH]c1c(C(C)(C)C)cc(C)cc1C(C)(C)C. The lowest BCUT2D eigenvalue weighted by molar-refractivity contribution is 0.561. The Hall–Kier alpha value is -0.780. The summed E-state index contributed by atoms with van der Waals surface area (Å²) in [7, 11) is 0. The Kier molecular flexibility index (Phi) is 3.76. The molecule has 95 valence electrons. The molecule has 1 rings (SSSR count). The van der Waals surface area contributed by atoms with Gasteiger partial charge in [-0.1, -0.05) is 66.2 Å². The highest BCUT2D eigenvalue weighted by molar-refractivity contribution is 5.48. The third-order valence-electron chi connectivity index (χ3n) is 3.23. The zero-order valence-corrected chi connectivity index (χ0v) is 12.7. The Bertz CT molecular complexity index is 362. The molecule has 0 atom stereocenters. The zero-order valence-electron chi connectivity index (χ0n) is 12.7. The summed E-state index contributed by atoms with van der Waals surface area (Å²) in [6.45, 7) is 18.1. The average Bonchev–Trinajstić information content (AvgIpc) is 2.13. The quantitative estimate of drug-likeness (QED) is 0.626. The Morgan fingerprint density at radius 3 is 1.41 bits per heavy atom. The molecule has 0 aromatic heterocycles. The monoisotopic (exact) mass is 231 g/mol. The van der Waals surface area contributed by atoms with Gasteiger partial charge in [-0.25, -0.2) is 0 Å². The van der Waals surface area contributed by atoms with Gasteiger partial charge in [0.15, 0.2) is 0 Å². The molecule has 0 aliphatic rings. The molecule has 17 heavy (non-hydrogen) atoms. The van der Waals surface area contributed by atoms with Gasteiger partial charge in [-0.3, -0.25) is 0 Å². The number of aryl methyl sites for hydroxylation is 1. The van der Waals surface area contributed by atoms with E-state index in [-0.39, 0.29) is 10.8 Å². The molecule has 0 spiro atoms. The summed E-state index contributed by atoms with van der Waals surface area (Å²) in [6.07, 6.45) is 2.26. The van der Waals surface area contributed by atoms with E-state index < -0.39 is 0 Å². The van der Waals surface area contributed by atoms with Gasteiger partial charge in [-0.15, -0.1) is 0 Å². The van der Waals surface area contributed by atoms with Crippen LogP contribution in [0, 0.1) is 13.3 Å². The van der Waals surface area contributed by atoms with Crippen LogP contribution in [0.3, 0.4) is 0 Å². The van der Waals surface area contributed by atoms with Gasteiger partial charge < -0.3 is 0 Å². The van der Waals surface area contributed by atoms with Crippen LogP contribution in [0.4, 0.5) is 0 Å². The molecular weight excluding hydrogens is 204 g/mol. The molecule has 0 fully saturated rings. The number of benzene rings is 1. The second-order valence-corrected chi connectivity index (χ2v) is 7.06. The molecule has 1 aromatic rings. The lowest BCUT2D eigenvalue weighted by atomic mass is 9.75. The highest BCUT2D eigenvalue weighted by Crippen LogP contribution is 2.35. The van der Waals surface area contributed by atoms with Crippen LogP contribution in [-0.4, -0.2) is 0 Å². The average molecular weight is 231 g/mol. The van der Waals surface area contributed by atoms with Crippen molar-refractivity contribution in [2.24, 2.45) is 0 Å². The molecule has 0 saturated carbocycles. The summed E-state index contributed by atoms with van der Waals surface area (Å²) in [5.74, 6) is 0. The molecule has 0 nitrogen and oxygen atoms in total. The summed E-state index contributed by atoms with van der Waals surface area (Å²) < 4.78 is 0. The fourth-order valence-electron chi connectivity index (χ4n) is 2.35. The van der Waals surface area contributed by atoms with E-state index in [2.05, 4.69) is 73.9 Å². The first kappa shape index (κ1) is 14.3. The van der Waals surface area contributed by atoms with Crippen LogP contribution in [0.15, 0.2) is 12.1 Å². The first-order valence-corrected chi connectivity index (χ1v) is 6.52. The molecular formula is C17H27. The first-order chi connectivity index (χ1) is 7.57. The van der Waals surface area contributed by atoms with Crippen LogP contribution in [-0.2, 0) is 10.8 Å². The number of hydrogen-bond donors (Lipinski definition) is 0. The van der Waals surface area contributed by atoms with E-state index in [0.717, 1.165) is 0 Å². The van der Waals surface area contributed by atoms with Crippen molar-refractivity contribution in [1.82, 2.24) is 0 Å². The van der Waals surface area contributed by atoms with Gasteiger partial charge in [0.25, 0.3) is 0 Å². The van der Waals surface area contributed by atoms with Crippen molar-refractivity contribution in [1.29, 1.82) is 0 Å². The van der Waals surface area contributed by atoms with Gasteiger partial charge >= 0.3 is 0 Å². The third kappa shape index (κ3) is 3.12. The van der Waals surface area contributed by atoms with Crippen molar-refractivity contribution < 1.29 is 0 Å². The van der Waals surface area contributed by atoms with E-state index in [0.29, 0.717) is 0 Å². The fourth-order valence-corrected chi connectivity index (χ4v) is 2.35.